The van der Waals surface area contributed by atoms with E-state index in [0.29, 0.717) is 16.3 Å². The van der Waals surface area contributed by atoms with Crippen LogP contribution in [-0.2, 0) is 4.79 Å². The van der Waals surface area contributed by atoms with Gasteiger partial charge in [0.15, 0.2) is 0 Å². The van der Waals surface area contributed by atoms with Crippen molar-refractivity contribution < 1.29 is 9.59 Å². The minimum Gasteiger partial charge on any atom is -0.346 e. The standard InChI is InChI=1S/C17H17ClN2O2/c1-11(13-6-8-15(18)9-7-13)19-17(22)14-4-3-5-16(10-14)20-12(2)21/h3-11H,1-2H3,(H,19,22)(H,20,21). The second-order valence-electron chi connectivity index (χ2n) is 5.01. The number of nitrogens with one attached hydrogen (secondary N) is 2. The van der Waals surface area contributed by atoms with Gasteiger partial charge in [0.05, 0.1) is 6.04 Å². The van der Waals surface area contributed by atoms with E-state index < -0.39 is 0 Å². The number of amides is 2. The van der Waals surface area contributed by atoms with E-state index in [1.807, 2.05) is 19.1 Å². The first-order chi connectivity index (χ1) is 10.5. The minimum absolute atomic E-state index is 0.144. The van der Waals surface area contributed by atoms with Crippen molar-refractivity contribution in [2.75, 3.05) is 5.32 Å². The van der Waals surface area contributed by atoms with Crippen LogP contribution < -0.4 is 10.6 Å². The number of hydrogen-bond acceptors (Lipinski definition) is 2. The molecule has 0 spiro atoms. The number of benzene rings is 2. The molecule has 0 heterocycles. The Kier molecular flexibility index (Phi) is 5.17. The lowest BCUT2D eigenvalue weighted by Gasteiger charge is -2.15. The summed E-state index contributed by atoms with van der Waals surface area (Å²) >= 11 is 5.86. The first kappa shape index (κ1) is 16.0. The van der Waals surface area contributed by atoms with Crippen molar-refractivity contribution in [1.82, 2.24) is 5.32 Å². The van der Waals surface area contributed by atoms with Crippen molar-refractivity contribution in [2.24, 2.45) is 0 Å². The zero-order valence-corrected chi connectivity index (χ0v) is 13.1. The maximum absolute atomic E-state index is 12.3. The molecule has 4 nitrogen and oxygen atoms in total. The molecule has 0 aliphatic rings. The highest BCUT2D eigenvalue weighted by Crippen LogP contribution is 2.17. The Morgan fingerprint density at radius 1 is 1.09 bits per heavy atom. The average molecular weight is 317 g/mol. The van der Waals surface area contributed by atoms with Gasteiger partial charge < -0.3 is 10.6 Å². The first-order valence-electron chi connectivity index (χ1n) is 6.89. The zero-order chi connectivity index (χ0) is 16.1. The van der Waals surface area contributed by atoms with Crippen LogP contribution >= 0.6 is 11.6 Å². The normalized spacial score (nSPS) is 11.6. The SMILES string of the molecule is CC(=O)Nc1cccc(C(=O)NC(C)c2ccc(Cl)cc2)c1. The van der Waals surface area contributed by atoms with E-state index in [-0.39, 0.29) is 17.9 Å². The summed E-state index contributed by atoms with van der Waals surface area (Å²) in [6.07, 6.45) is 0. The second-order valence-corrected chi connectivity index (χ2v) is 5.45. The third-order valence-electron chi connectivity index (χ3n) is 3.16. The third kappa shape index (κ3) is 4.33. The molecule has 0 saturated heterocycles. The largest absolute Gasteiger partial charge is 0.346 e. The molecule has 0 bridgehead atoms. The molecule has 2 rings (SSSR count). The molecule has 5 heteroatoms. The smallest absolute Gasteiger partial charge is 0.251 e. The summed E-state index contributed by atoms with van der Waals surface area (Å²) in [4.78, 5) is 23.3. The van der Waals surface area contributed by atoms with Gasteiger partial charge in [-0.05, 0) is 42.8 Å². The fourth-order valence-electron chi connectivity index (χ4n) is 2.06. The summed E-state index contributed by atoms with van der Waals surface area (Å²) in [6.45, 7) is 3.33. The maximum Gasteiger partial charge on any atom is 0.251 e. The highest BCUT2D eigenvalue weighted by molar-refractivity contribution is 6.30. The third-order valence-corrected chi connectivity index (χ3v) is 3.41. The van der Waals surface area contributed by atoms with Crippen molar-refractivity contribution in [2.45, 2.75) is 19.9 Å². The van der Waals surface area contributed by atoms with Gasteiger partial charge in [0.1, 0.15) is 0 Å². The Balaban J connectivity index is 2.08. The Hall–Kier alpha value is -2.33. The molecule has 2 aromatic rings. The zero-order valence-electron chi connectivity index (χ0n) is 12.4. The molecule has 0 aliphatic heterocycles. The van der Waals surface area contributed by atoms with Crippen LogP contribution in [0.15, 0.2) is 48.5 Å². The van der Waals surface area contributed by atoms with Gasteiger partial charge in [0, 0.05) is 23.2 Å². The fourth-order valence-corrected chi connectivity index (χ4v) is 2.18. The van der Waals surface area contributed by atoms with Gasteiger partial charge in [-0.25, -0.2) is 0 Å². The lowest BCUT2D eigenvalue weighted by atomic mass is 10.1. The highest BCUT2D eigenvalue weighted by Gasteiger charge is 2.12. The monoisotopic (exact) mass is 316 g/mol. The molecule has 114 valence electrons. The molecule has 22 heavy (non-hydrogen) atoms. The van der Waals surface area contributed by atoms with Crippen LogP contribution in [0.4, 0.5) is 5.69 Å². The van der Waals surface area contributed by atoms with E-state index in [0.717, 1.165) is 5.56 Å². The van der Waals surface area contributed by atoms with Crippen molar-refractivity contribution in [3.63, 3.8) is 0 Å². The minimum atomic E-state index is -0.199. The van der Waals surface area contributed by atoms with Crippen LogP contribution in [0.3, 0.4) is 0 Å². The van der Waals surface area contributed by atoms with Gasteiger partial charge in [0.25, 0.3) is 5.91 Å². The first-order valence-corrected chi connectivity index (χ1v) is 7.27. The predicted octanol–water partition coefficient (Wildman–Crippen LogP) is 3.79. The molecule has 2 amide bonds. The summed E-state index contributed by atoms with van der Waals surface area (Å²) < 4.78 is 0. The van der Waals surface area contributed by atoms with Gasteiger partial charge >= 0.3 is 0 Å². The quantitative estimate of drug-likeness (QED) is 0.901. The summed E-state index contributed by atoms with van der Waals surface area (Å²) in [5, 5.41) is 6.23. The molecule has 2 N–H and O–H groups in total. The summed E-state index contributed by atoms with van der Waals surface area (Å²) in [7, 11) is 0. The van der Waals surface area contributed by atoms with Gasteiger partial charge in [-0.3, -0.25) is 9.59 Å². The average Bonchev–Trinajstić information content (AvgIpc) is 2.47. The Bertz CT molecular complexity index is 683. The van der Waals surface area contributed by atoms with Crippen LogP contribution in [0.2, 0.25) is 5.02 Å². The number of rotatable bonds is 4. The number of hydrogen-bond donors (Lipinski definition) is 2. The van der Waals surface area contributed by atoms with Crippen molar-refractivity contribution in [3.05, 3.63) is 64.7 Å². The molecule has 0 aromatic heterocycles. The van der Waals surface area contributed by atoms with Gasteiger partial charge in [-0.2, -0.15) is 0 Å². The van der Waals surface area contributed by atoms with E-state index in [1.54, 1.807) is 36.4 Å². The molecule has 1 unspecified atom stereocenters. The number of carbonyl (C=O) groups excluding carboxylic acids is 2. The van der Waals surface area contributed by atoms with E-state index in [1.165, 1.54) is 6.92 Å². The lowest BCUT2D eigenvalue weighted by molar-refractivity contribution is -0.114. The number of halogens is 1. The number of carbonyl (C=O) groups is 2. The van der Waals surface area contributed by atoms with Gasteiger partial charge in [0.2, 0.25) is 5.91 Å². The van der Waals surface area contributed by atoms with Crippen LogP contribution in [0, 0.1) is 0 Å². The Labute approximate surface area is 134 Å². The van der Waals surface area contributed by atoms with Crippen molar-refractivity contribution in [3.8, 4) is 0 Å². The molecular formula is C17H17ClN2O2. The molecule has 0 saturated carbocycles. The highest BCUT2D eigenvalue weighted by atomic mass is 35.5. The molecule has 0 aliphatic carbocycles. The second kappa shape index (κ2) is 7.09. The predicted molar refractivity (Wildman–Crippen MR) is 88.1 cm³/mol. The van der Waals surface area contributed by atoms with E-state index in [2.05, 4.69) is 10.6 Å². The molecule has 2 aromatic carbocycles. The van der Waals surface area contributed by atoms with Crippen LogP contribution in [0.25, 0.3) is 0 Å². The van der Waals surface area contributed by atoms with Crippen molar-refractivity contribution in [1.29, 1.82) is 0 Å². The fraction of sp³-hybridized carbons (Fsp3) is 0.176. The van der Waals surface area contributed by atoms with E-state index in [9.17, 15) is 9.59 Å². The van der Waals surface area contributed by atoms with E-state index >= 15 is 0 Å². The van der Waals surface area contributed by atoms with Crippen LogP contribution in [0.1, 0.15) is 35.8 Å². The van der Waals surface area contributed by atoms with Crippen LogP contribution in [0.5, 0.6) is 0 Å². The van der Waals surface area contributed by atoms with Crippen LogP contribution in [-0.4, -0.2) is 11.8 Å². The summed E-state index contributed by atoms with van der Waals surface area (Å²) in [5.41, 5.74) is 2.06. The maximum atomic E-state index is 12.3. The lowest BCUT2D eigenvalue weighted by Crippen LogP contribution is -2.26. The Morgan fingerprint density at radius 2 is 1.77 bits per heavy atom. The molecule has 0 fully saturated rings. The summed E-state index contributed by atoms with van der Waals surface area (Å²) in [6, 6.07) is 14.0. The topological polar surface area (TPSA) is 58.2 Å². The van der Waals surface area contributed by atoms with E-state index in [4.69, 9.17) is 11.6 Å². The summed E-state index contributed by atoms with van der Waals surface area (Å²) in [5.74, 6) is -0.373. The molecule has 0 radical (unpaired) electrons. The molecule has 1 atom stereocenters. The Morgan fingerprint density at radius 3 is 2.41 bits per heavy atom. The van der Waals surface area contributed by atoms with Crippen molar-refractivity contribution >= 4 is 29.1 Å². The van der Waals surface area contributed by atoms with Gasteiger partial charge in [-0.1, -0.05) is 29.8 Å². The van der Waals surface area contributed by atoms with Gasteiger partial charge in [-0.15, -0.1) is 0 Å². The molecular weight excluding hydrogens is 300 g/mol. The number of anilines is 1.